The summed E-state index contributed by atoms with van der Waals surface area (Å²) in [4.78, 5) is 2.70. The van der Waals surface area contributed by atoms with Gasteiger partial charge in [-0.2, -0.15) is 0 Å². The number of para-hydroxylation sites is 1. The molecule has 1 saturated heterocycles. The van der Waals surface area contributed by atoms with E-state index < -0.39 is 0 Å². The Morgan fingerprint density at radius 2 is 2.14 bits per heavy atom. The van der Waals surface area contributed by atoms with Gasteiger partial charge in [-0.15, -0.1) is 0 Å². The van der Waals surface area contributed by atoms with Gasteiger partial charge >= 0.3 is 0 Å². The summed E-state index contributed by atoms with van der Waals surface area (Å²) in [6.07, 6.45) is 3.60. The molecule has 3 heteroatoms. The van der Waals surface area contributed by atoms with Gasteiger partial charge in [0.1, 0.15) is 5.75 Å². The molecule has 1 aromatic carbocycles. The van der Waals surface area contributed by atoms with Gasteiger partial charge in [0.05, 0.1) is 6.61 Å². The fourth-order valence-electron chi connectivity index (χ4n) is 3.68. The lowest BCUT2D eigenvalue weighted by Gasteiger charge is -2.39. The molecule has 0 spiro atoms. The molecule has 2 heterocycles. The van der Waals surface area contributed by atoms with Crippen molar-refractivity contribution in [3.05, 3.63) is 29.8 Å². The Labute approximate surface area is 128 Å². The second-order valence-electron chi connectivity index (χ2n) is 6.59. The van der Waals surface area contributed by atoms with Gasteiger partial charge in [0.2, 0.25) is 0 Å². The van der Waals surface area contributed by atoms with Gasteiger partial charge in [0.15, 0.2) is 0 Å². The van der Waals surface area contributed by atoms with Crippen LogP contribution >= 0.6 is 0 Å². The molecule has 0 radical (unpaired) electrons. The molecule has 3 rings (SSSR count). The highest BCUT2D eigenvalue weighted by molar-refractivity contribution is 5.37. The van der Waals surface area contributed by atoms with Crippen LogP contribution in [0.3, 0.4) is 0 Å². The molecule has 116 valence electrons. The van der Waals surface area contributed by atoms with E-state index in [0.717, 1.165) is 25.3 Å². The summed E-state index contributed by atoms with van der Waals surface area (Å²) in [6, 6.07) is 9.79. The number of benzene rings is 1. The van der Waals surface area contributed by atoms with Crippen molar-refractivity contribution in [2.45, 2.75) is 45.2 Å². The van der Waals surface area contributed by atoms with Crippen LogP contribution in [0.1, 0.15) is 44.7 Å². The predicted molar refractivity (Wildman–Crippen MR) is 86.7 cm³/mol. The lowest BCUT2D eigenvalue weighted by Crippen LogP contribution is -2.45. The molecule has 21 heavy (non-hydrogen) atoms. The molecular weight excluding hydrogens is 260 g/mol. The second kappa shape index (κ2) is 6.80. The van der Waals surface area contributed by atoms with Crippen LogP contribution in [0.25, 0.3) is 0 Å². The molecule has 0 aliphatic carbocycles. The van der Waals surface area contributed by atoms with Crippen LogP contribution in [-0.4, -0.2) is 37.2 Å². The van der Waals surface area contributed by atoms with Gasteiger partial charge in [-0.25, -0.2) is 0 Å². The quantitative estimate of drug-likeness (QED) is 0.904. The summed E-state index contributed by atoms with van der Waals surface area (Å²) in [5, 5.41) is 3.71. The Balaban J connectivity index is 1.78. The molecule has 0 bridgehead atoms. The predicted octanol–water partition coefficient (Wildman–Crippen LogP) is 3.22. The summed E-state index contributed by atoms with van der Waals surface area (Å²) in [5.41, 5.74) is 1.39. The Morgan fingerprint density at radius 1 is 1.29 bits per heavy atom. The third kappa shape index (κ3) is 3.41. The molecule has 0 aromatic heterocycles. The minimum absolute atomic E-state index is 0.535. The minimum atomic E-state index is 0.535. The van der Waals surface area contributed by atoms with Crippen molar-refractivity contribution in [2.75, 3.05) is 26.2 Å². The fraction of sp³-hybridized carbons (Fsp3) is 0.667. The molecule has 2 aliphatic heterocycles. The number of rotatable bonds is 2. The SMILES string of the molecule is CCC1CCN(C2CCOc3ccccc32)CC(C)CN1. The van der Waals surface area contributed by atoms with E-state index in [9.17, 15) is 0 Å². The van der Waals surface area contributed by atoms with E-state index in [2.05, 4.69) is 48.3 Å². The van der Waals surface area contributed by atoms with Crippen molar-refractivity contribution in [1.29, 1.82) is 0 Å². The Bertz CT molecular complexity index is 462. The molecule has 1 N–H and O–H groups in total. The number of hydrogen-bond donors (Lipinski definition) is 1. The van der Waals surface area contributed by atoms with E-state index in [1.54, 1.807) is 0 Å². The highest BCUT2D eigenvalue weighted by atomic mass is 16.5. The average molecular weight is 288 g/mol. The zero-order valence-corrected chi connectivity index (χ0v) is 13.3. The maximum atomic E-state index is 5.83. The highest BCUT2D eigenvalue weighted by Crippen LogP contribution is 2.36. The van der Waals surface area contributed by atoms with Gasteiger partial charge in [-0.3, -0.25) is 4.90 Å². The van der Waals surface area contributed by atoms with Crippen LogP contribution in [-0.2, 0) is 0 Å². The summed E-state index contributed by atoms with van der Waals surface area (Å²) in [7, 11) is 0. The monoisotopic (exact) mass is 288 g/mol. The van der Waals surface area contributed by atoms with E-state index in [0.29, 0.717) is 18.0 Å². The van der Waals surface area contributed by atoms with Gasteiger partial charge in [0.25, 0.3) is 0 Å². The Morgan fingerprint density at radius 3 is 3.00 bits per heavy atom. The van der Waals surface area contributed by atoms with Crippen molar-refractivity contribution in [3.63, 3.8) is 0 Å². The van der Waals surface area contributed by atoms with Crippen LogP contribution < -0.4 is 10.1 Å². The largest absolute Gasteiger partial charge is 0.493 e. The lowest BCUT2D eigenvalue weighted by molar-refractivity contribution is 0.108. The van der Waals surface area contributed by atoms with E-state index >= 15 is 0 Å². The summed E-state index contributed by atoms with van der Waals surface area (Å²) in [5.74, 6) is 1.79. The van der Waals surface area contributed by atoms with E-state index in [4.69, 9.17) is 4.74 Å². The standard InChI is InChI=1S/C18H28N2O/c1-3-15-8-10-20(13-14(2)12-19-15)17-9-11-21-18-7-5-4-6-16(17)18/h4-7,14-15,17,19H,3,8-13H2,1-2H3. The first kappa shape index (κ1) is 14.9. The highest BCUT2D eigenvalue weighted by Gasteiger charge is 2.29. The number of fused-ring (bicyclic) bond motifs is 1. The smallest absolute Gasteiger partial charge is 0.124 e. The molecular formula is C18H28N2O. The third-order valence-electron chi connectivity index (χ3n) is 4.93. The molecule has 0 saturated carbocycles. The van der Waals surface area contributed by atoms with Crippen LogP contribution in [0.2, 0.25) is 0 Å². The van der Waals surface area contributed by atoms with Crippen LogP contribution in [0.5, 0.6) is 5.75 Å². The van der Waals surface area contributed by atoms with Crippen molar-refractivity contribution in [3.8, 4) is 5.75 Å². The molecule has 2 aliphatic rings. The van der Waals surface area contributed by atoms with E-state index in [-0.39, 0.29) is 0 Å². The van der Waals surface area contributed by atoms with E-state index in [1.807, 2.05) is 0 Å². The van der Waals surface area contributed by atoms with Crippen LogP contribution in [0.15, 0.2) is 24.3 Å². The summed E-state index contributed by atoms with van der Waals surface area (Å²) in [6.45, 7) is 9.01. The first-order valence-corrected chi connectivity index (χ1v) is 8.47. The van der Waals surface area contributed by atoms with E-state index in [1.165, 1.54) is 31.5 Å². The van der Waals surface area contributed by atoms with Crippen molar-refractivity contribution in [1.82, 2.24) is 10.2 Å². The van der Waals surface area contributed by atoms with Crippen molar-refractivity contribution < 1.29 is 4.74 Å². The zero-order valence-electron chi connectivity index (χ0n) is 13.3. The lowest BCUT2D eigenvalue weighted by atomic mass is 9.96. The molecule has 1 fully saturated rings. The van der Waals surface area contributed by atoms with Gasteiger partial charge < -0.3 is 10.1 Å². The van der Waals surface area contributed by atoms with Crippen LogP contribution in [0, 0.1) is 5.92 Å². The minimum Gasteiger partial charge on any atom is -0.493 e. The Hall–Kier alpha value is -1.06. The summed E-state index contributed by atoms with van der Waals surface area (Å²) < 4.78 is 5.83. The van der Waals surface area contributed by atoms with Crippen molar-refractivity contribution in [2.24, 2.45) is 5.92 Å². The number of nitrogens with one attached hydrogen (secondary N) is 1. The Kier molecular flexibility index (Phi) is 4.81. The van der Waals surface area contributed by atoms with Gasteiger partial charge in [0, 0.05) is 37.2 Å². The van der Waals surface area contributed by atoms with Crippen LogP contribution in [0.4, 0.5) is 0 Å². The molecule has 3 atom stereocenters. The van der Waals surface area contributed by atoms with Gasteiger partial charge in [-0.05, 0) is 31.4 Å². The van der Waals surface area contributed by atoms with Crippen molar-refractivity contribution >= 4 is 0 Å². The maximum Gasteiger partial charge on any atom is 0.124 e. The maximum absolute atomic E-state index is 5.83. The number of nitrogens with zero attached hydrogens (tertiary/aromatic N) is 1. The first-order chi connectivity index (χ1) is 10.3. The normalized spacial score (nSPS) is 30.9. The molecule has 1 aromatic rings. The molecule has 3 nitrogen and oxygen atoms in total. The summed E-state index contributed by atoms with van der Waals surface area (Å²) >= 11 is 0. The second-order valence-corrected chi connectivity index (χ2v) is 6.59. The molecule has 0 amide bonds. The first-order valence-electron chi connectivity index (χ1n) is 8.47. The number of ether oxygens (including phenoxy) is 1. The molecule has 3 unspecified atom stereocenters. The average Bonchev–Trinajstić information content (AvgIpc) is 2.51. The fourth-order valence-corrected chi connectivity index (χ4v) is 3.68. The van der Waals surface area contributed by atoms with Gasteiger partial charge in [-0.1, -0.05) is 32.0 Å². The number of hydrogen-bond acceptors (Lipinski definition) is 3. The third-order valence-corrected chi connectivity index (χ3v) is 4.93. The zero-order chi connectivity index (χ0) is 14.7. The topological polar surface area (TPSA) is 24.5 Å².